The van der Waals surface area contributed by atoms with Crippen molar-refractivity contribution >= 4 is 17.0 Å². The molecule has 3 rings (SSSR count). The van der Waals surface area contributed by atoms with Gasteiger partial charge in [0.05, 0.1) is 30.3 Å². The normalized spacial score (nSPS) is 16.1. The molecular formula is C14H17N3O2. The first kappa shape index (κ1) is 12.1. The average Bonchev–Trinajstić information content (AvgIpc) is 3.04. The lowest BCUT2D eigenvalue weighted by atomic mass is 10.1. The Hall–Kier alpha value is -1.91. The second kappa shape index (κ2) is 4.64. The third-order valence-corrected chi connectivity index (χ3v) is 3.77. The zero-order valence-corrected chi connectivity index (χ0v) is 11.2. The van der Waals surface area contributed by atoms with Crippen molar-refractivity contribution in [3.63, 3.8) is 0 Å². The van der Waals surface area contributed by atoms with Gasteiger partial charge in [0.2, 0.25) is 0 Å². The summed E-state index contributed by atoms with van der Waals surface area (Å²) in [6, 6.07) is 2.17. The molecule has 0 aromatic carbocycles. The number of hydrogen-bond acceptors (Lipinski definition) is 4. The number of pyridine rings is 1. The molecule has 0 bridgehead atoms. The third kappa shape index (κ3) is 1.99. The molecule has 0 saturated heterocycles. The van der Waals surface area contributed by atoms with Gasteiger partial charge >= 0.3 is 5.97 Å². The van der Waals surface area contributed by atoms with E-state index < -0.39 is 0 Å². The minimum Gasteiger partial charge on any atom is -0.465 e. The van der Waals surface area contributed by atoms with Crippen molar-refractivity contribution in [1.29, 1.82) is 0 Å². The smallest absolute Gasteiger partial charge is 0.338 e. The molecule has 1 aliphatic carbocycles. The molecule has 2 aromatic rings. The topological polar surface area (TPSA) is 57.0 Å². The highest BCUT2D eigenvalue weighted by molar-refractivity contribution is 6.02. The van der Waals surface area contributed by atoms with Crippen LogP contribution in [0.2, 0.25) is 0 Å². The van der Waals surface area contributed by atoms with Crippen LogP contribution >= 0.6 is 0 Å². The molecule has 1 fully saturated rings. The van der Waals surface area contributed by atoms with Gasteiger partial charge in [-0.25, -0.2) is 14.5 Å². The van der Waals surface area contributed by atoms with Gasteiger partial charge in [-0.05, 0) is 25.8 Å². The lowest BCUT2D eigenvalue weighted by Crippen LogP contribution is -2.08. The van der Waals surface area contributed by atoms with Gasteiger partial charge in [-0.1, -0.05) is 12.8 Å². The molecule has 5 nitrogen and oxygen atoms in total. The Bertz CT molecular complexity index is 627. The highest BCUT2D eigenvalue weighted by Crippen LogP contribution is 2.32. The Morgan fingerprint density at radius 1 is 1.42 bits per heavy atom. The molecule has 0 unspecified atom stereocenters. The summed E-state index contributed by atoms with van der Waals surface area (Å²) < 4.78 is 6.80. The highest BCUT2D eigenvalue weighted by atomic mass is 16.5. The first-order valence-electron chi connectivity index (χ1n) is 6.64. The van der Waals surface area contributed by atoms with Crippen LogP contribution in [0.5, 0.6) is 0 Å². The number of hydrogen-bond donors (Lipinski definition) is 0. The summed E-state index contributed by atoms with van der Waals surface area (Å²) in [7, 11) is 1.39. The number of nitrogens with zero attached hydrogens (tertiary/aromatic N) is 3. The number of ether oxygens (including phenoxy) is 1. The van der Waals surface area contributed by atoms with E-state index in [0.717, 1.165) is 29.6 Å². The fraction of sp³-hybridized carbons (Fsp3) is 0.500. The van der Waals surface area contributed by atoms with Crippen LogP contribution in [0.4, 0.5) is 0 Å². The van der Waals surface area contributed by atoms with Gasteiger partial charge in [-0.3, -0.25) is 0 Å². The monoisotopic (exact) mass is 259 g/mol. The number of carbonyl (C=O) groups is 1. The second-order valence-electron chi connectivity index (χ2n) is 5.07. The lowest BCUT2D eigenvalue weighted by Gasteiger charge is -2.11. The fourth-order valence-electron chi connectivity index (χ4n) is 2.84. The first-order chi connectivity index (χ1) is 9.20. The molecule has 0 spiro atoms. The van der Waals surface area contributed by atoms with Gasteiger partial charge < -0.3 is 4.74 Å². The van der Waals surface area contributed by atoms with E-state index in [9.17, 15) is 4.79 Å². The summed E-state index contributed by atoms with van der Waals surface area (Å²) in [5.41, 5.74) is 2.16. The molecule has 0 N–H and O–H groups in total. The molecule has 1 saturated carbocycles. The molecule has 2 heterocycles. The summed E-state index contributed by atoms with van der Waals surface area (Å²) in [5.74, 6) is -0.332. The quantitative estimate of drug-likeness (QED) is 0.778. The summed E-state index contributed by atoms with van der Waals surface area (Å²) in [6.07, 6.45) is 6.48. The van der Waals surface area contributed by atoms with Crippen LogP contribution < -0.4 is 0 Å². The summed E-state index contributed by atoms with van der Waals surface area (Å²) in [5, 5.41) is 5.22. The van der Waals surface area contributed by atoms with Crippen LogP contribution in [-0.4, -0.2) is 27.8 Å². The van der Waals surface area contributed by atoms with E-state index in [4.69, 9.17) is 4.74 Å². The SMILES string of the molecule is COC(=O)c1cc(C)nc2c1cnn2C1CCCC1. The van der Waals surface area contributed by atoms with E-state index in [-0.39, 0.29) is 5.97 Å². The van der Waals surface area contributed by atoms with Crippen LogP contribution in [0.3, 0.4) is 0 Å². The van der Waals surface area contributed by atoms with Crippen LogP contribution in [0.25, 0.3) is 11.0 Å². The van der Waals surface area contributed by atoms with Gasteiger partial charge in [0.25, 0.3) is 0 Å². The standard InChI is InChI=1S/C14H17N3O2/c1-9-7-11(14(18)19-2)12-8-15-17(13(12)16-9)10-5-3-4-6-10/h7-8,10H,3-6H2,1-2H3. The van der Waals surface area contributed by atoms with Gasteiger partial charge in [0.15, 0.2) is 5.65 Å². The Balaban J connectivity index is 2.17. The summed E-state index contributed by atoms with van der Waals surface area (Å²) in [4.78, 5) is 16.4. The fourth-order valence-corrected chi connectivity index (χ4v) is 2.84. The summed E-state index contributed by atoms with van der Waals surface area (Å²) in [6.45, 7) is 1.89. The number of aryl methyl sites for hydroxylation is 1. The Morgan fingerprint density at radius 3 is 2.84 bits per heavy atom. The Kier molecular flexibility index (Phi) is 2.97. The van der Waals surface area contributed by atoms with Gasteiger partial charge in [-0.2, -0.15) is 5.10 Å². The minimum absolute atomic E-state index is 0.332. The molecule has 19 heavy (non-hydrogen) atoms. The van der Waals surface area contributed by atoms with E-state index in [0.29, 0.717) is 11.6 Å². The molecule has 0 amide bonds. The van der Waals surface area contributed by atoms with Gasteiger partial charge in [-0.15, -0.1) is 0 Å². The highest BCUT2D eigenvalue weighted by Gasteiger charge is 2.22. The lowest BCUT2D eigenvalue weighted by molar-refractivity contribution is 0.0603. The maximum absolute atomic E-state index is 11.8. The van der Waals surface area contributed by atoms with Crippen LogP contribution in [-0.2, 0) is 4.74 Å². The maximum Gasteiger partial charge on any atom is 0.338 e. The molecule has 5 heteroatoms. The predicted molar refractivity (Wildman–Crippen MR) is 71.1 cm³/mol. The Morgan fingerprint density at radius 2 is 2.16 bits per heavy atom. The van der Waals surface area contributed by atoms with E-state index in [2.05, 4.69) is 10.1 Å². The molecule has 0 atom stereocenters. The minimum atomic E-state index is -0.332. The van der Waals surface area contributed by atoms with Crippen molar-refractivity contribution in [3.05, 3.63) is 23.5 Å². The van der Waals surface area contributed by atoms with Crippen LogP contribution in [0.15, 0.2) is 12.3 Å². The number of aromatic nitrogens is 3. The largest absolute Gasteiger partial charge is 0.465 e. The van der Waals surface area contributed by atoms with E-state index >= 15 is 0 Å². The zero-order chi connectivity index (χ0) is 13.4. The van der Waals surface area contributed by atoms with Crippen molar-refractivity contribution in [3.8, 4) is 0 Å². The van der Waals surface area contributed by atoms with Crippen molar-refractivity contribution in [2.75, 3.05) is 7.11 Å². The number of rotatable bonds is 2. The van der Waals surface area contributed by atoms with Crippen LogP contribution in [0, 0.1) is 6.92 Å². The predicted octanol–water partition coefficient (Wildman–Crippen LogP) is 2.64. The van der Waals surface area contributed by atoms with Gasteiger partial charge in [0, 0.05) is 5.69 Å². The van der Waals surface area contributed by atoms with Crippen molar-refractivity contribution in [2.45, 2.75) is 38.6 Å². The average molecular weight is 259 g/mol. The van der Waals surface area contributed by atoms with Crippen molar-refractivity contribution in [1.82, 2.24) is 14.8 Å². The van der Waals surface area contributed by atoms with E-state index in [1.54, 1.807) is 12.3 Å². The second-order valence-corrected chi connectivity index (χ2v) is 5.07. The van der Waals surface area contributed by atoms with Crippen LogP contribution in [0.1, 0.15) is 47.8 Å². The number of esters is 1. The van der Waals surface area contributed by atoms with Gasteiger partial charge in [0.1, 0.15) is 0 Å². The molecule has 1 aliphatic rings. The van der Waals surface area contributed by atoms with E-state index in [1.807, 2.05) is 11.6 Å². The number of fused-ring (bicyclic) bond motifs is 1. The molecule has 0 radical (unpaired) electrons. The Labute approximate surface area is 111 Å². The van der Waals surface area contributed by atoms with Crippen molar-refractivity contribution in [2.24, 2.45) is 0 Å². The molecule has 0 aliphatic heterocycles. The summed E-state index contributed by atoms with van der Waals surface area (Å²) >= 11 is 0. The molecular weight excluding hydrogens is 242 g/mol. The third-order valence-electron chi connectivity index (χ3n) is 3.77. The van der Waals surface area contributed by atoms with E-state index in [1.165, 1.54) is 20.0 Å². The number of methoxy groups -OCH3 is 1. The van der Waals surface area contributed by atoms with Crippen molar-refractivity contribution < 1.29 is 9.53 Å². The maximum atomic E-state index is 11.8. The zero-order valence-electron chi connectivity index (χ0n) is 11.2. The first-order valence-corrected chi connectivity index (χ1v) is 6.64. The molecule has 2 aromatic heterocycles. The molecule has 100 valence electrons. The number of carbonyl (C=O) groups excluding carboxylic acids is 1.